The smallest absolute Gasteiger partial charge is 0.424 e. The second kappa shape index (κ2) is 11.3. The molecule has 2 aromatic carbocycles. The molecule has 238 valence electrons. The highest BCUT2D eigenvalue weighted by Crippen LogP contribution is 2.48. The van der Waals surface area contributed by atoms with Crippen LogP contribution in [-0.4, -0.2) is 60.6 Å². The molecule has 1 aromatic heterocycles. The summed E-state index contributed by atoms with van der Waals surface area (Å²) in [6.45, 7) is 1.24. The lowest BCUT2D eigenvalue weighted by molar-refractivity contribution is -0.265. The number of halogens is 4. The number of aromatic nitrogens is 1. The van der Waals surface area contributed by atoms with E-state index >= 15 is 0 Å². The molecule has 1 fully saturated rings. The highest BCUT2D eigenvalue weighted by Gasteiger charge is 2.57. The Kier molecular flexibility index (Phi) is 7.98. The maximum Gasteiger partial charge on any atom is 0.424 e. The van der Waals surface area contributed by atoms with Crippen molar-refractivity contribution < 1.29 is 41.7 Å². The van der Waals surface area contributed by atoms with Crippen molar-refractivity contribution in [1.82, 2.24) is 10.3 Å². The van der Waals surface area contributed by atoms with Crippen LogP contribution in [0.2, 0.25) is 0 Å². The number of hydrogen-bond donors (Lipinski definition) is 4. The molecule has 1 aliphatic carbocycles. The van der Waals surface area contributed by atoms with Crippen LogP contribution < -0.4 is 26.3 Å². The third-order valence-corrected chi connectivity index (χ3v) is 7.96. The number of nitrogens with two attached hydrogens (primary N) is 2. The van der Waals surface area contributed by atoms with Gasteiger partial charge in [-0.05, 0) is 68.7 Å². The van der Waals surface area contributed by atoms with Crippen molar-refractivity contribution in [3.8, 4) is 22.8 Å². The molecule has 3 aromatic rings. The fourth-order valence-electron chi connectivity index (χ4n) is 4.98. The molecule has 0 radical (unpaired) electrons. The number of alkyl halides is 3. The molecule has 2 amide bonds. The first-order valence-electron chi connectivity index (χ1n) is 13.9. The number of anilines is 1. The molecule has 2 heterocycles. The van der Waals surface area contributed by atoms with Crippen LogP contribution in [0.15, 0.2) is 41.4 Å². The number of methoxy groups -OCH3 is 1. The van der Waals surface area contributed by atoms with Crippen LogP contribution in [0, 0.1) is 12.7 Å². The van der Waals surface area contributed by atoms with Gasteiger partial charge in [-0.3, -0.25) is 14.6 Å². The van der Waals surface area contributed by atoms with Crippen molar-refractivity contribution in [2.24, 2.45) is 10.7 Å². The van der Waals surface area contributed by atoms with E-state index in [9.17, 15) is 32.3 Å². The van der Waals surface area contributed by atoms with Crippen molar-refractivity contribution in [2.45, 2.75) is 49.9 Å². The first kappa shape index (κ1) is 31.7. The predicted octanol–water partition coefficient (Wildman–Crippen LogP) is 3.68. The lowest BCUT2D eigenvalue weighted by Gasteiger charge is -2.31. The Bertz CT molecular complexity index is 1710. The molecule has 0 spiro atoms. The summed E-state index contributed by atoms with van der Waals surface area (Å²) in [6, 6.07) is 7.32. The average Bonchev–Trinajstić information content (AvgIpc) is 3.74. The maximum absolute atomic E-state index is 14.7. The number of aryl methyl sites for hydroxylation is 1. The third kappa shape index (κ3) is 5.89. The summed E-state index contributed by atoms with van der Waals surface area (Å²) in [5.74, 6) is -2.55. The van der Waals surface area contributed by atoms with E-state index in [1.807, 2.05) is 0 Å². The van der Waals surface area contributed by atoms with Gasteiger partial charge >= 0.3 is 6.18 Å². The Morgan fingerprint density at radius 3 is 2.53 bits per heavy atom. The summed E-state index contributed by atoms with van der Waals surface area (Å²) < 4.78 is 69.6. The molecule has 45 heavy (non-hydrogen) atoms. The molecule has 14 heteroatoms. The average molecular weight is 630 g/mol. The first-order chi connectivity index (χ1) is 21.1. The summed E-state index contributed by atoms with van der Waals surface area (Å²) in [5.41, 5.74) is 5.95. The number of ether oxygens (including phenoxy) is 2. The van der Waals surface area contributed by atoms with E-state index in [1.165, 1.54) is 44.5 Å². The lowest BCUT2D eigenvalue weighted by Crippen LogP contribution is -2.51. The number of carbonyl (C=O) groups excluding carboxylic acids is 2. The van der Waals surface area contributed by atoms with E-state index in [0.29, 0.717) is 11.1 Å². The highest BCUT2D eigenvalue weighted by atomic mass is 19.4. The van der Waals surface area contributed by atoms with E-state index < -0.39 is 47.1 Å². The standard InChI is InChI=1S/C31H31F4N5O5/c1-15-6-16(9-19(32)7-15)25-26-21(29(2,14-45-26)28(37)42)11-23(40-25)30(43,31(33,34)35)13-39-27(41)17-8-18(12-38-20-4-5-20)24(36)22(10-17)44-3/h6-12,20,43H,4-5,13-14,36H2,1-3H3,(H2,37,42)(H,39,41)/t29-,30?/m0/s1. The molecule has 2 atom stereocenters. The molecule has 10 nitrogen and oxygen atoms in total. The monoisotopic (exact) mass is 629 g/mol. The van der Waals surface area contributed by atoms with Gasteiger partial charge in [-0.2, -0.15) is 13.2 Å². The number of rotatable bonds is 9. The largest absolute Gasteiger partial charge is 0.495 e. The molecule has 0 bridgehead atoms. The highest BCUT2D eigenvalue weighted by molar-refractivity contribution is 5.99. The fraction of sp³-hybridized carbons (Fsp3) is 0.355. The molecule has 1 aliphatic heterocycles. The number of aliphatic imine (C=N–C) groups is 1. The van der Waals surface area contributed by atoms with Gasteiger partial charge in [0.1, 0.15) is 35.0 Å². The number of benzene rings is 2. The topological polar surface area (TPSA) is 162 Å². The predicted molar refractivity (Wildman–Crippen MR) is 157 cm³/mol. The van der Waals surface area contributed by atoms with Crippen molar-refractivity contribution in [3.05, 3.63) is 70.2 Å². The Morgan fingerprint density at radius 2 is 1.93 bits per heavy atom. The zero-order chi connectivity index (χ0) is 32.9. The minimum atomic E-state index is -5.39. The zero-order valence-electron chi connectivity index (χ0n) is 24.6. The number of carbonyl (C=O) groups is 2. The number of nitrogens with one attached hydrogen (secondary N) is 1. The first-order valence-corrected chi connectivity index (χ1v) is 13.9. The van der Waals surface area contributed by atoms with Gasteiger partial charge < -0.3 is 31.4 Å². The Balaban J connectivity index is 1.57. The fourth-order valence-corrected chi connectivity index (χ4v) is 4.98. The van der Waals surface area contributed by atoms with Crippen LogP contribution >= 0.6 is 0 Å². The zero-order valence-corrected chi connectivity index (χ0v) is 24.6. The second-order valence-electron chi connectivity index (χ2n) is 11.5. The molecule has 6 N–H and O–H groups in total. The molecule has 5 rings (SSSR count). The molecule has 1 saturated carbocycles. The quantitative estimate of drug-likeness (QED) is 0.159. The molecular weight excluding hydrogens is 598 g/mol. The molecule has 1 unspecified atom stereocenters. The molecule has 0 saturated heterocycles. The van der Waals surface area contributed by atoms with Gasteiger partial charge in [0.15, 0.2) is 0 Å². The van der Waals surface area contributed by atoms with E-state index in [-0.39, 0.29) is 52.2 Å². The normalized spacial score (nSPS) is 19.1. The number of nitrogens with zero attached hydrogens (tertiary/aromatic N) is 2. The summed E-state index contributed by atoms with van der Waals surface area (Å²) in [4.78, 5) is 34.1. The van der Waals surface area contributed by atoms with Crippen LogP contribution in [0.4, 0.5) is 23.2 Å². The Labute approximate surface area is 255 Å². The van der Waals surface area contributed by atoms with Crippen LogP contribution in [0.1, 0.15) is 52.5 Å². The lowest BCUT2D eigenvalue weighted by atomic mass is 9.81. The van der Waals surface area contributed by atoms with Gasteiger partial charge in [-0.25, -0.2) is 9.37 Å². The van der Waals surface area contributed by atoms with Crippen LogP contribution in [0.25, 0.3) is 11.3 Å². The SMILES string of the molecule is COc1cc(C(=O)NCC(O)(c2cc3c(c(-c4cc(C)cc(F)c4)n2)OC[C@]3(C)C(N)=O)C(F)(F)F)cc(C=NC2CC2)c1N. The number of fused-ring (bicyclic) bond motifs is 1. The van der Waals surface area contributed by atoms with Crippen LogP contribution in [0.5, 0.6) is 11.5 Å². The van der Waals surface area contributed by atoms with Gasteiger partial charge in [-0.1, -0.05) is 0 Å². The van der Waals surface area contributed by atoms with Crippen LogP contribution in [0.3, 0.4) is 0 Å². The van der Waals surface area contributed by atoms with Gasteiger partial charge in [0.05, 0.1) is 31.1 Å². The molecule has 2 aliphatic rings. The number of pyridine rings is 1. The third-order valence-electron chi connectivity index (χ3n) is 7.96. The number of amides is 2. The van der Waals surface area contributed by atoms with Gasteiger partial charge in [0.2, 0.25) is 11.5 Å². The van der Waals surface area contributed by atoms with Crippen molar-refractivity contribution in [3.63, 3.8) is 0 Å². The number of nitrogen functional groups attached to an aromatic ring is 1. The maximum atomic E-state index is 14.7. The minimum absolute atomic E-state index is 0.0437. The van der Waals surface area contributed by atoms with Gasteiger partial charge in [0, 0.05) is 28.5 Å². The van der Waals surface area contributed by atoms with Crippen LogP contribution in [-0.2, 0) is 15.8 Å². The van der Waals surface area contributed by atoms with Crippen molar-refractivity contribution >= 4 is 23.7 Å². The molecular formula is C31H31F4N5O5. The summed E-state index contributed by atoms with van der Waals surface area (Å²) in [5, 5.41) is 13.4. The van der Waals surface area contributed by atoms with E-state index in [2.05, 4.69) is 15.3 Å². The Hall–Kier alpha value is -4.72. The van der Waals surface area contributed by atoms with Crippen molar-refractivity contribution in [1.29, 1.82) is 0 Å². The second-order valence-corrected chi connectivity index (χ2v) is 11.5. The van der Waals surface area contributed by atoms with E-state index in [1.54, 1.807) is 6.92 Å². The number of aliphatic hydroxyl groups is 1. The van der Waals surface area contributed by atoms with E-state index in [0.717, 1.165) is 25.0 Å². The summed E-state index contributed by atoms with van der Waals surface area (Å²) in [7, 11) is 1.32. The van der Waals surface area contributed by atoms with Crippen molar-refractivity contribution in [2.75, 3.05) is 26.0 Å². The summed E-state index contributed by atoms with van der Waals surface area (Å²) >= 11 is 0. The Morgan fingerprint density at radius 1 is 1.22 bits per heavy atom. The van der Waals surface area contributed by atoms with Gasteiger partial charge in [-0.15, -0.1) is 0 Å². The minimum Gasteiger partial charge on any atom is -0.495 e. The summed E-state index contributed by atoms with van der Waals surface area (Å²) in [6.07, 6.45) is -2.10. The van der Waals surface area contributed by atoms with Gasteiger partial charge in [0.25, 0.3) is 5.91 Å². The van der Waals surface area contributed by atoms with E-state index in [4.69, 9.17) is 20.9 Å². The number of primary amides is 1. The number of hydrogen-bond acceptors (Lipinski definition) is 8.